The van der Waals surface area contributed by atoms with Gasteiger partial charge in [0, 0.05) is 5.70 Å². The van der Waals surface area contributed by atoms with Crippen LogP contribution in [-0.2, 0) is 10.0 Å². The molecule has 0 spiro atoms. The zero-order valence-corrected chi connectivity index (χ0v) is 15.4. The molecule has 0 N–H and O–H groups in total. The van der Waals surface area contributed by atoms with Gasteiger partial charge in [0.1, 0.15) is 11.7 Å². The molecule has 1 saturated heterocycles. The Morgan fingerprint density at radius 3 is 2.61 bits per heavy atom. The maximum absolute atomic E-state index is 12.7. The van der Waals surface area contributed by atoms with E-state index in [0.29, 0.717) is 0 Å². The lowest BCUT2D eigenvalue weighted by Crippen LogP contribution is -2.55. The molecule has 2 aliphatic rings. The van der Waals surface area contributed by atoms with E-state index in [1.165, 1.54) is 0 Å². The van der Waals surface area contributed by atoms with Crippen molar-refractivity contribution < 1.29 is 17.2 Å². The molecule has 2 atom stereocenters. The number of halogens is 2. The summed E-state index contributed by atoms with van der Waals surface area (Å²) in [6.45, 7) is 5.17. The first-order valence-corrected chi connectivity index (χ1v) is 10.5. The fraction of sp³-hybridized carbons (Fsp3) is 0.786. The summed E-state index contributed by atoms with van der Waals surface area (Å²) in [4.78, 5) is 6.39. The normalized spacial score (nSPS) is 26.3. The Labute approximate surface area is 140 Å². The number of aliphatic imine (C=N–C) groups is 1. The van der Waals surface area contributed by atoms with Crippen LogP contribution in [0.5, 0.6) is 0 Å². The number of fused-ring (bicyclic) bond motifs is 1. The highest BCUT2D eigenvalue weighted by Crippen LogP contribution is 2.33. The molecule has 132 valence electrons. The van der Waals surface area contributed by atoms with Crippen molar-refractivity contribution in [3.8, 4) is 0 Å². The molecule has 0 bridgehead atoms. The van der Waals surface area contributed by atoms with E-state index in [2.05, 4.69) is 4.99 Å². The summed E-state index contributed by atoms with van der Waals surface area (Å²) >= 11 is 1.59. The maximum Gasteiger partial charge on any atom is 0.252 e. The molecular formula is C14H23F2N3O2S2. The highest BCUT2D eigenvalue weighted by Gasteiger charge is 2.41. The van der Waals surface area contributed by atoms with E-state index in [1.807, 2.05) is 27.0 Å². The van der Waals surface area contributed by atoms with Crippen LogP contribution in [0.1, 0.15) is 27.2 Å². The topological polar surface area (TPSA) is 53.0 Å². The summed E-state index contributed by atoms with van der Waals surface area (Å²) in [5.74, 6) is 0.409. The Balaban J connectivity index is 2.44. The lowest BCUT2D eigenvalue weighted by atomic mass is 10.0. The van der Waals surface area contributed by atoms with Crippen LogP contribution in [0.25, 0.3) is 0 Å². The third-order valence-corrected chi connectivity index (χ3v) is 6.82. The van der Waals surface area contributed by atoms with Crippen molar-refractivity contribution in [2.75, 3.05) is 25.2 Å². The highest BCUT2D eigenvalue weighted by molar-refractivity contribution is 7.99. The van der Waals surface area contributed by atoms with Gasteiger partial charge in [-0.2, -0.15) is 16.1 Å². The van der Waals surface area contributed by atoms with Gasteiger partial charge in [0.2, 0.25) is 10.0 Å². The molecule has 1 fully saturated rings. The number of amidine groups is 1. The van der Waals surface area contributed by atoms with E-state index in [1.54, 1.807) is 16.7 Å². The first-order chi connectivity index (χ1) is 10.7. The molecule has 0 amide bonds. The molecule has 1 unspecified atom stereocenters. The quantitative estimate of drug-likeness (QED) is 0.749. The Hall–Kier alpha value is -0.670. The molecule has 9 heteroatoms. The zero-order chi connectivity index (χ0) is 17.4. The van der Waals surface area contributed by atoms with Crippen LogP contribution in [0.2, 0.25) is 0 Å². The molecule has 23 heavy (non-hydrogen) atoms. The predicted molar refractivity (Wildman–Crippen MR) is 90.4 cm³/mol. The monoisotopic (exact) mass is 367 g/mol. The summed E-state index contributed by atoms with van der Waals surface area (Å²) in [5, 5.41) is 0.0442. The second-order valence-corrected chi connectivity index (χ2v) is 8.84. The zero-order valence-electron chi connectivity index (χ0n) is 13.8. The van der Waals surface area contributed by atoms with Crippen molar-refractivity contribution in [1.29, 1.82) is 0 Å². The number of sulfonamides is 1. The Kier molecular flexibility index (Phi) is 5.73. The summed E-state index contributed by atoms with van der Waals surface area (Å²) < 4.78 is 51.1. The molecule has 2 aliphatic heterocycles. The third-order valence-electron chi connectivity index (χ3n) is 4.25. The van der Waals surface area contributed by atoms with E-state index in [4.69, 9.17) is 0 Å². The van der Waals surface area contributed by atoms with Crippen LogP contribution in [0.15, 0.2) is 16.3 Å². The second kappa shape index (κ2) is 7.06. The van der Waals surface area contributed by atoms with E-state index in [-0.39, 0.29) is 23.7 Å². The van der Waals surface area contributed by atoms with Gasteiger partial charge in [0.05, 0.1) is 24.4 Å². The van der Waals surface area contributed by atoms with Gasteiger partial charge in [-0.1, -0.05) is 6.92 Å². The van der Waals surface area contributed by atoms with Crippen molar-refractivity contribution in [2.45, 2.75) is 44.9 Å². The lowest BCUT2D eigenvalue weighted by molar-refractivity contribution is 0.118. The molecule has 2 rings (SSSR count). The minimum absolute atomic E-state index is 0.000305. The largest absolute Gasteiger partial charge is 0.315 e. The van der Waals surface area contributed by atoms with Gasteiger partial charge < -0.3 is 4.90 Å². The van der Waals surface area contributed by atoms with E-state index < -0.39 is 23.0 Å². The molecule has 5 nitrogen and oxygen atoms in total. The first kappa shape index (κ1) is 18.7. The van der Waals surface area contributed by atoms with E-state index in [9.17, 15) is 17.2 Å². The number of hydrogen-bond donors (Lipinski definition) is 0. The summed E-state index contributed by atoms with van der Waals surface area (Å²) in [6.07, 6.45) is -0.0146. The first-order valence-electron chi connectivity index (χ1n) is 7.57. The minimum Gasteiger partial charge on any atom is -0.315 e. The van der Waals surface area contributed by atoms with E-state index >= 15 is 0 Å². The van der Waals surface area contributed by atoms with Gasteiger partial charge in [0.15, 0.2) is 0 Å². The van der Waals surface area contributed by atoms with E-state index in [0.717, 1.165) is 27.8 Å². The van der Waals surface area contributed by atoms with Crippen molar-refractivity contribution in [2.24, 2.45) is 4.99 Å². The van der Waals surface area contributed by atoms with Crippen LogP contribution in [0, 0.1) is 0 Å². The third kappa shape index (κ3) is 3.71. The summed E-state index contributed by atoms with van der Waals surface area (Å²) in [7, 11) is -3.76. The van der Waals surface area contributed by atoms with Crippen LogP contribution >= 0.6 is 11.8 Å². The van der Waals surface area contributed by atoms with Crippen molar-refractivity contribution in [3.63, 3.8) is 0 Å². The molecule has 0 radical (unpaired) electrons. The highest BCUT2D eigenvalue weighted by atomic mass is 32.2. The minimum atomic E-state index is -3.76. The molecule has 0 saturated carbocycles. The fourth-order valence-corrected chi connectivity index (χ4v) is 4.84. The number of alkyl halides is 2. The predicted octanol–water partition coefficient (Wildman–Crippen LogP) is 2.37. The lowest BCUT2D eigenvalue weighted by Gasteiger charge is -2.43. The Morgan fingerprint density at radius 1 is 1.43 bits per heavy atom. The molecular weight excluding hydrogens is 344 g/mol. The van der Waals surface area contributed by atoms with Gasteiger partial charge in [-0.05, 0) is 32.1 Å². The number of rotatable bonds is 5. The van der Waals surface area contributed by atoms with Crippen molar-refractivity contribution >= 4 is 27.6 Å². The SMILES string of the molecule is CCC1=C2CN(CC(F)F)S(=O)(=O)CN2C(C(C)SC)=N[C@H]1C. The van der Waals surface area contributed by atoms with Gasteiger partial charge >= 0.3 is 0 Å². The van der Waals surface area contributed by atoms with Gasteiger partial charge in [-0.3, -0.25) is 4.99 Å². The average molecular weight is 367 g/mol. The maximum atomic E-state index is 12.7. The molecule has 0 aromatic carbocycles. The smallest absolute Gasteiger partial charge is 0.252 e. The average Bonchev–Trinajstić information content (AvgIpc) is 2.46. The standard InChI is InChI=1S/C14H23F2N3O2S2/c1-5-11-9(2)17-14(10(3)22-4)19-8-23(20,21)18(6-12(11)19)7-13(15)16/h9-10,13H,5-8H2,1-4H3/t9-,10?/m0/s1. The summed E-state index contributed by atoms with van der Waals surface area (Å²) in [5.41, 5.74) is 1.84. The Morgan fingerprint density at radius 2 is 2.09 bits per heavy atom. The number of nitrogens with zero attached hydrogens (tertiary/aromatic N) is 3. The van der Waals surface area contributed by atoms with Crippen LogP contribution < -0.4 is 0 Å². The van der Waals surface area contributed by atoms with Gasteiger partial charge in [0.25, 0.3) is 6.43 Å². The number of hydrogen-bond acceptors (Lipinski definition) is 5. The van der Waals surface area contributed by atoms with Crippen molar-refractivity contribution in [3.05, 3.63) is 11.3 Å². The van der Waals surface area contributed by atoms with Gasteiger partial charge in [-0.25, -0.2) is 17.2 Å². The van der Waals surface area contributed by atoms with Crippen molar-refractivity contribution in [1.82, 2.24) is 9.21 Å². The van der Waals surface area contributed by atoms with Crippen LogP contribution in [-0.4, -0.2) is 66.4 Å². The molecule has 0 aliphatic carbocycles. The fourth-order valence-electron chi connectivity index (χ4n) is 3.00. The van der Waals surface area contributed by atoms with Crippen LogP contribution in [0.3, 0.4) is 0 Å². The molecule has 0 aromatic heterocycles. The Bertz CT molecular complexity index is 620. The second-order valence-electron chi connectivity index (χ2n) is 5.72. The van der Waals surface area contributed by atoms with Crippen LogP contribution in [0.4, 0.5) is 8.78 Å². The molecule has 0 aromatic rings. The summed E-state index contributed by atoms with van der Waals surface area (Å²) in [6, 6.07) is -0.0509. The van der Waals surface area contributed by atoms with Gasteiger partial charge in [-0.15, -0.1) is 0 Å². The molecule has 2 heterocycles. The number of thioether (sulfide) groups is 1.